The quantitative estimate of drug-likeness (QED) is 0.760. The van der Waals surface area contributed by atoms with Crippen molar-refractivity contribution >= 4 is 6.08 Å². The maximum absolute atomic E-state index is 5.45. The second-order valence-electron chi connectivity index (χ2n) is 3.80. The van der Waals surface area contributed by atoms with Crippen LogP contribution < -0.4 is 5.73 Å². The van der Waals surface area contributed by atoms with Crippen LogP contribution in [0.15, 0.2) is 12.1 Å². The molecule has 0 saturated heterocycles. The highest BCUT2D eigenvalue weighted by Crippen LogP contribution is 2.21. The Balaban J connectivity index is 3.26. The number of hydrogen-bond acceptors (Lipinski definition) is 1. The molecular weight excluding hydrogens is 170 g/mol. The molecule has 0 bridgehead atoms. The first-order chi connectivity index (χ1) is 6.57. The molecule has 14 heavy (non-hydrogen) atoms. The van der Waals surface area contributed by atoms with Crippen LogP contribution in [0.4, 0.5) is 0 Å². The van der Waals surface area contributed by atoms with Gasteiger partial charge < -0.3 is 5.73 Å². The average Bonchev–Trinajstić information content (AvgIpc) is 2.18. The Morgan fingerprint density at radius 2 is 1.71 bits per heavy atom. The van der Waals surface area contributed by atoms with Crippen molar-refractivity contribution in [3.63, 3.8) is 0 Å². The van der Waals surface area contributed by atoms with Gasteiger partial charge in [0.05, 0.1) is 0 Å². The van der Waals surface area contributed by atoms with Gasteiger partial charge in [0.2, 0.25) is 0 Å². The van der Waals surface area contributed by atoms with Crippen molar-refractivity contribution < 1.29 is 0 Å². The zero-order valence-electron chi connectivity index (χ0n) is 9.52. The summed E-state index contributed by atoms with van der Waals surface area (Å²) in [7, 11) is 0. The molecule has 2 N–H and O–H groups in total. The van der Waals surface area contributed by atoms with E-state index in [1.54, 1.807) is 0 Å². The van der Waals surface area contributed by atoms with Gasteiger partial charge in [-0.05, 0) is 55.5 Å². The van der Waals surface area contributed by atoms with E-state index in [1.807, 2.05) is 6.08 Å². The third kappa shape index (κ3) is 2.05. The van der Waals surface area contributed by atoms with Gasteiger partial charge in [0.25, 0.3) is 0 Å². The molecule has 1 aromatic rings. The second-order valence-corrected chi connectivity index (χ2v) is 3.80. The molecule has 76 valence electrons. The first-order valence-corrected chi connectivity index (χ1v) is 5.02. The number of benzene rings is 1. The van der Waals surface area contributed by atoms with Crippen LogP contribution in [0.3, 0.4) is 0 Å². The highest BCUT2D eigenvalue weighted by atomic mass is 14.5. The Morgan fingerprint density at radius 1 is 1.07 bits per heavy atom. The van der Waals surface area contributed by atoms with Gasteiger partial charge in [0.1, 0.15) is 0 Å². The predicted molar refractivity (Wildman–Crippen MR) is 63.5 cm³/mol. The highest BCUT2D eigenvalue weighted by Gasteiger charge is 2.04. The molecule has 0 saturated carbocycles. The van der Waals surface area contributed by atoms with Crippen LogP contribution in [0.25, 0.3) is 6.08 Å². The summed E-state index contributed by atoms with van der Waals surface area (Å²) in [5.74, 6) is 0. The average molecular weight is 189 g/mol. The summed E-state index contributed by atoms with van der Waals surface area (Å²) in [4.78, 5) is 0. The molecule has 0 heterocycles. The molecule has 0 aliphatic rings. The third-order valence-electron chi connectivity index (χ3n) is 2.96. The van der Waals surface area contributed by atoms with Crippen LogP contribution in [0, 0.1) is 27.7 Å². The summed E-state index contributed by atoms with van der Waals surface area (Å²) >= 11 is 0. The molecule has 0 fully saturated rings. The van der Waals surface area contributed by atoms with Crippen LogP contribution in [0.1, 0.15) is 27.8 Å². The van der Waals surface area contributed by atoms with E-state index in [2.05, 4.69) is 39.8 Å². The number of nitrogens with two attached hydrogens (primary N) is 1. The normalized spacial score (nSPS) is 11.2. The zero-order chi connectivity index (χ0) is 10.7. The van der Waals surface area contributed by atoms with Gasteiger partial charge in [-0.2, -0.15) is 0 Å². The fourth-order valence-corrected chi connectivity index (χ4v) is 1.61. The Bertz CT molecular complexity index is 362. The molecule has 0 aliphatic carbocycles. The first-order valence-electron chi connectivity index (χ1n) is 5.02. The summed E-state index contributed by atoms with van der Waals surface area (Å²) in [5, 5.41) is 0. The van der Waals surface area contributed by atoms with Gasteiger partial charge in [-0.1, -0.05) is 18.2 Å². The van der Waals surface area contributed by atoms with Gasteiger partial charge in [-0.25, -0.2) is 0 Å². The minimum atomic E-state index is 0.603. The van der Waals surface area contributed by atoms with Gasteiger partial charge >= 0.3 is 0 Å². The van der Waals surface area contributed by atoms with E-state index in [0.29, 0.717) is 6.54 Å². The van der Waals surface area contributed by atoms with Gasteiger partial charge in [-0.15, -0.1) is 0 Å². The predicted octanol–water partition coefficient (Wildman–Crippen LogP) is 2.89. The summed E-state index contributed by atoms with van der Waals surface area (Å²) < 4.78 is 0. The van der Waals surface area contributed by atoms with Crippen molar-refractivity contribution in [2.24, 2.45) is 5.73 Å². The second kappa shape index (κ2) is 4.43. The van der Waals surface area contributed by atoms with E-state index in [4.69, 9.17) is 5.73 Å². The van der Waals surface area contributed by atoms with E-state index >= 15 is 0 Å². The summed E-state index contributed by atoms with van der Waals surface area (Å²) in [6.07, 6.45) is 4.10. The highest BCUT2D eigenvalue weighted by molar-refractivity contribution is 5.59. The minimum Gasteiger partial charge on any atom is -0.327 e. The van der Waals surface area contributed by atoms with Crippen molar-refractivity contribution in [2.45, 2.75) is 27.7 Å². The summed E-state index contributed by atoms with van der Waals surface area (Å²) in [5.41, 5.74) is 12.2. The number of aryl methyl sites for hydroxylation is 1. The lowest BCUT2D eigenvalue weighted by Gasteiger charge is -2.11. The molecule has 1 aromatic carbocycles. The molecule has 0 aromatic heterocycles. The monoisotopic (exact) mass is 189 g/mol. The van der Waals surface area contributed by atoms with Gasteiger partial charge in [0.15, 0.2) is 0 Å². The van der Waals surface area contributed by atoms with Crippen molar-refractivity contribution in [3.05, 3.63) is 40.0 Å². The first kappa shape index (κ1) is 11.0. The topological polar surface area (TPSA) is 26.0 Å². The van der Waals surface area contributed by atoms with Gasteiger partial charge in [0, 0.05) is 6.54 Å². The molecule has 1 nitrogen and oxygen atoms in total. The van der Waals surface area contributed by atoms with Gasteiger partial charge in [-0.3, -0.25) is 0 Å². The minimum absolute atomic E-state index is 0.603. The smallest absolute Gasteiger partial charge is 0.0110 e. The fraction of sp³-hybridized carbons (Fsp3) is 0.385. The van der Waals surface area contributed by atoms with Crippen LogP contribution in [0.2, 0.25) is 0 Å². The lowest BCUT2D eigenvalue weighted by atomic mass is 9.94. The summed E-state index contributed by atoms with van der Waals surface area (Å²) in [6, 6.07) is 2.23. The Kier molecular flexibility index (Phi) is 3.48. The molecule has 0 unspecified atom stereocenters. The molecular formula is C13H19N. The van der Waals surface area contributed by atoms with E-state index in [-0.39, 0.29) is 0 Å². The van der Waals surface area contributed by atoms with E-state index < -0.39 is 0 Å². The van der Waals surface area contributed by atoms with Crippen molar-refractivity contribution in [2.75, 3.05) is 6.54 Å². The Labute approximate surface area is 86.6 Å². The lowest BCUT2D eigenvalue weighted by Crippen LogP contribution is -1.96. The van der Waals surface area contributed by atoms with Crippen LogP contribution in [0.5, 0.6) is 0 Å². The lowest BCUT2D eigenvalue weighted by molar-refractivity contribution is 1.20. The third-order valence-corrected chi connectivity index (χ3v) is 2.96. The standard InChI is InChI=1S/C13H19N/c1-9-8-13(6-5-7-14)12(4)11(3)10(9)2/h5-6,8H,7,14H2,1-4H3/b6-5+. The SMILES string of the molecule is Cc1cc(/C=C/CN)c(C)c(C)c1C. The van der Waals surface area contributed by atoms with Crippen LogP contribution in [-0.2, 0) is 0 Å². The number of rotatable bonds is 2. The van der Waals surface area contributed by atoms with Crippen molar-refractivity contribution in [1.29, 1.82) is 0 Å². The molecule has 0 aliphatic heterocycles. The van der Waals surface area contributed by atoms with Crippen molar-refractivity contribution in [3.8, 4) is 0 Å². The van der Waals surface area contributed by atoms with Crippen molar-refractivity contribution in [1.82, 2.24) is 0 Å². The molecule has 0 spiro atoms. The summed E-state index contributed by atoms with van der Waals surface area (Å²) in [6.45, 7) is 9.27. The molecule has 0 radical (unpaired) electrons. The van der Waals surface area contributed by atoms with Crippen LogP contribution in [-0.4, -0.2) is 6.54 Å². The van der Waals surface area contributed by atoms with E-state index in [9.17, 15) is 0 Å². The zero-order valence-corrected chi connectivity index (χ0v) is 9.52. The Hall–Kier alpha value is -1.08. The number of hydrogen-bond donors (Lipinski definition) is 1. The molecule has 1 rings (SSSR count). The maximum atomic E-state index is 5.45. The Morgan fingerprint density at radius 3 is 2.29 bits per heavy atom. The molecule has 0 atom stereocenters. The molecule has 1 heteroatoms. The largest absolute Gasteiger partial charge is 0.327 e. The van der Waals surface area contributed by atoms with E-state index in [1.165, 1.54) is 27.8 Å². The van der Waals surface area contributed by atoms with E-state index in [0.717, 1.165) is 0 Å². The van der Waals surface area contributed by atoms with Crippen LogP contribution >= 0.6 is 0 Å². The fourth-order valence-electron chi connectivity index (χ4n) is 1.61. The maximum Gasteiger partial charge on any atom is 0.0110 e. The molecule has 0 amide bonds.